The van der Waals surface area contributed by atoms with Crippen molar-refractivity contribution in [2.24, 2.45) is 16.5 Å². The predicted molar refractivity (Wildman–Crippen MR) is 52.4 cm³/mol. The highest BCUT2D eigenvalue weighted by atomic mass is 14.8. The maximum atomic E-state index is 5.92. The molecule has 3 nitrogen and oxygen atoms in total. The number of aliphatic imine (C=N–C) groups is 1. The van der Waals surface area contributed by atoms with E-state index in [4.69, 9.17) is 11.5 Å². The summed E-state index contributed by atoms with van der Waals surface area (Å²) in [6.45, 7) is 1.63. The molecule has 12 heavy (non-hydrogen) atoms. The number of hydrogen-bond donors (Lipinski definition) is 2. The van der Waals surface area contributed by atoms with Crippen LogP contribution in [0.15, 0.2) is 4.99 Å². The molecule has 0 fully saturated rings. The molecule has 4 N–H and O–H groups in total. The molecule has 70 valence electrons. The van der Waals surface area contributed by atoms with Crippen molar-refractivity contribution in [1.82, 2.24) is 0 Å². The highest BCUT2D eigenvalue weighted by molar-refractivity contribution is 5.89. The third-order valence-corrected chi connectivity index (χ3v) is 2.31. The molecule has 0 bridgehead atoms. The quantitative estimate of drug-likeness (QED) is 0.652. The van der Waals surface area contributed by atoms with Crippen LogP contribution in [-0.2, 0) is 0 Å². The van der Waals surface area contributed by atoms with Gasteiger partial charge >= 0.3 is 0 Å². The van der Waals surface area contributed by atoms with E-state index >= 15 is 0 Å². The summed E-state index contributed by atoms with van der Waals surface area (Å²) in [5.74, 6) is 0. The molecular formula is C9H19N3. The van der Waals surface area contributed by atoms with Crippen molar-refractivity contribution in [3.05, 3.63) is 0 Å². The highest BCUT2D eigenvalue weighted by Gasteiger charge is 2.11. The summed E-state index contributed by atoms with van der Waals surface area (Å²) in [5.41, 5.74) is 12.6. The first-order valence-electron chi connectivity index (χ1n) is 4.83. The molecule has 0 aromatic heterocycles. The molecule has 0 amide bonds. The van der Waals surface area contributed by atoms with Crippen molar-refractivity contribution >= 4 is 5.71 Å². The SMILES string of the molecule is NCCC(N)C1=NCCCCC1. The lowest BCUT2D eigenvalue weighted by atomic mass is 10.0. The summed E-state index contributed by atoms with van der Waals surface area (Å²) >= 11 is 0. The molecule has 0 radical (unpaired) electrons. The Balaban J connectivity index is 2.41. The fraction of sp³-hybridized carbons (Fsp3) is 0.889. The van der Waals surface area contributed by atoms with Crippen LogP contribution in [0.1, 0.15) is 32.1 Å². The summed E-state index contributed by atoms with van der Waals surface area (Å²) in [6.07, 6.45) is 5.72. The first-order valence-corrected chi connectivity index (χ1v) is 4.83. The molecule has 3 heteroatoms. The minimum absolute atomic E-state index is 0.119. The Morgan fingerprint density at radius 1 is 1.33 bits per heavy atom. The van der Waals surface area contributed by atoms with Gasteiger partial charge in [0.15, 0.2) is 0 Å². The van der Waals surface area contributed by atoms with E-state index < -0.39 is 0 Å². The van der Waals surface area contributed by atoms with Crippen LogP contribution in [0.5, 0.6) is 0 Å². The highest BCUT2D eigenvalue weighted by Crippen LogP contribution is 2.09. The molecule has 0 spiro atoms. The lowest BCUT2D eigenvalue weighted by Gasteiger charge is -2.11. The zero-order valence-corrected chi connectivity index (χ0v) is 7.63. The number of hydrogen-bond acceptors (Lipinski definition) is 3. The molecule has 1 atom stereocenters. The van der Waals surface area contributed by atoms with Gasteiger partial charge in [-0.15, -0.1) is 0 Å². The fourth-order valence-electron chi connectivity index (χ4n) is 1.55. The van der Waals surface area contributed by atoms with Crippen LogP contribution in [0.2, 0.25) is 0 Å². The Bertz CT molecular complexity index is 154. The molecule has 1 rings (SSSR count). The van der Waals surface area contributed by atoms with Gasteiger partial charge in [0.05, 0.1) is 0 Å². The van der Waals surface area contributed by atoms with Crippen LogP contribution in [0.3, 0.4) is 0 Å². The van der Waals surface area contributed by atoms with E-state index in [-0.39, 0.29) is 6.04 Å². The second kappa shape index (κ2) is 5.27. The molecular weight excluding hydrogens is 150 g/mol. The topological polar surface area (TPSA) is 64.4 Å². The Morgan fingerprint density at radius 3 is 2.92 bits per heavy atom. The Kier molecular flexibility index (Phi) is 4.25. The molecule has 1 aliphatic heterocycles. The summed E-state index contributed by atoms with van der Waals surface area (Å²) < 4.78 is 0. The third kappa shape index (κ3) is 2.91. The van der Waals surface area contributed by atoms with Crippen LogP contribution in [0, 0.1) is 0 Å². The minimum Gasteiger partial charge on any atom is -0.330 e. The monoisotopic (exact) mass is 169 g/mol. The van der Waals surface area contributed by atoms with Crippen molar-refractivity contribution < 1.29 is 0 Å². The Morgan fingerprint density at radius 2 is 2.17 bits per heavy atom. The van der Waals surface area contributed by atoms with Gasteiger partial charge in [-0.3, -0.25) is 4.99 Å². The smallest absolute Gasteiger partial charge is 0.0437 e. The minimum atomic E-state index is 0.119. The van der Waals surface area contributed by atoms with Gasteiger partial charge in [0.1, 0.15) is 0 Å². The first-order chi connectivity index (χ1) is 5.84. The van der Waals surface area contributed by atoms with E-state index in [1.165, 1.54) is 25.0 Å². The summed E-state index contributed by atoms with van der Waals surface area (Å²) in [6, 6.07) is 0.119. The lowest BCUT2D eigenvalue weighted by molar-refractivity contribution is 0.718. The average Bonchev–Trinajstić information content (AvgIpc) is 2.32. The summed E-state index contributed by atoms with van der Waals surface area (Å²) in [5, 5.41) is 0. The fourth-order valence-corrected chi connectivity index (χ4v) is 1.55. The molecule has 0 aliphatic carbocycles. The van der Waals surface area contributed by atoms with Crippen LogP contribution in [0.25, 0.3) is 0 Å². The summed E-state index contributed by atoms with van der Waals surface area (Å²) in [4.78, 5) is 4.48. The number of nitrogens with two attached hydrogens (primary N) is 2. The van der Waals surface area contributed by atoms with Crippen LogP contribution < -0.4 is 11.5 Å². The zero-order valence-electron chi connectivity index (χ0n) is 7.63. The third-order valence-electron chi connectivity index (χ3n) is 2.31. The lowest BCUT2D eigenvalue weighted by Crippen LogP contribution is -2.32. The van der Waals surface area contributed by atoms with Crippen molar-refractivity contribution in [3.8, 4) is 0 Å². The largest absolute Gasteiger partial charge is 0.330 e. The predicted octanol–water partition coefficient (Wildman–Crippen LogP) is 0.677. The molecule has 0 saturated heterocycles. The van der Waals surface area contributed by atoms with Crippen molar-refractivity contribution in [2.75, 3.05) is 13.1 Å². The van der Waals surface area contributed by atoms with Crippen molar-refractivity contribution in [2.45, 2.75) is 38.1 Å². The number of nitrogens with zero attached hydrogens (tertiary/aromatic N) is 1. The average molecular weight is 169 g/mol. The molecule has 1 heterocycles. The van der Waals surface area contributed by atoms with Crippen LogP contribution in [-0.4, -0.2) is 24.8 Å². The van der Waals surface area contributed by atoms with E-state index in [0.717, 1.165) is 19.4 Å². The Hall–Kier alpha value is -0.410. The molecule has 1 unspecified atom stereocenters. The summed E-state index contributed by atoms with van der Waals surface area (Å²) in [7, 11) is 0. The standard InChI is InChI=1S/C9H19N3/c10-6-5-8(11)9-4-2-1-3-7-12-9/h8H,1-7,10-11H2. The molecule has 1 aliphatic rings. The van der Waals surface area contributed by atoms with Gasteiger partial charge in [-0.2, -0.15) is 0 Å². The normalized spacial score (nSPS) is 21.3. The molecule has 0 aromatic rings. The van der Waals surface area contributed by atoms with E-state index in [9.17, 15) is 0 Å². The van der Waals surface area contributed by atoms with Crippen LogP contribution >= 0.6 is 0 Å². The van der Waals surface area contributed by atoms with E-state index in [0.29, 0.717) is 6.54 Å². The van der Waals surface area contributed by atoms with Gasteiger partial charge in [-0.25, -0.2) is 0 Å². The van der Waals surface area contributed by atoms with Gasteiger partial charge in [-0.05, 0) is 32.2 Å². The van der Waals surface area contributed by atoms with Crippen LogP contribution in [0.4, 0.5) is 0 Å². The second-order valence-electron chi connectivity index (χ2n) is 3.37. The maximum absolute atomic E-state index is 5.92. The number of rotatable bonds is 3. The van der Waals surface area contributed by atoms with Gasteiger partial charge in [0, 0.05) is 18.3 Å². The Labute approximate surface area is 74.2 Å². The van der Waals surface area contributed by atoms with E-state index in [1.54, 1.807) is 0 Å². The van der Waals surface area contributed by atoms with Gasteiger partial charge in [0.25, 0.3) is 0 Å². The van der Waals surface area contributed by atoms with Gasteiger partial charge in [-0.1, -0.05) is 6.42 Å². The maximum Gasteiger partial charge on any atom is 0.0437 e. The molecule has 0 saturated carbocycles. The van der Waals surface area contributed by atoms with Crippen molar-refractivity contribution in [3.63, 3.8) is 0 Å². The second-order valence-corrected chi connectivity index (χ2v) is 3.37. The van der Waals surface area contributed by atoms with Gasteiger partial charge < -0.3 is 11.5 Å². The zero-order chi connectivity index (χ0) is 8.81. The molecule has 0 aromatic carbocycles. The first kappa shape index (κ1) is 9.68. The van der Waals surface area contributed by atoms with E-state index in [1.807, 2.05) is 0 Å². The van der Waals surface area contributed by atoms with E-state index in [2.05, 4.69) is 4.99 Å². The van der Waals surface area contributed by atoms with Crippen molar-refractivity contribution in [1.29, 1.82) is 0 Å². The van der Waals surface area contributed by atoms with Gasteiger partial charge in [0.2, 0.25) is 0 Å².